The molecule has 0 radical (unpaired) electrons. The predicted octanol–water partition coefficient (Wildman–Crippen LogP) is 6.88. The fourth-order valence-corrected chi connectivity index (χ4v) is 4.19. The molecule has 15 heteroatoms. The summed E-state index contributed by atoms with van der Waals surface area (Å²) in [7, 11) is 0. The Bertz CT molecular complexity index is 1470. The minimum absolute atomic E-state index is 0.326. The maximum Gasteiger partial charge on any atom is 0.490 e. The molecule has 2 aromatic carbocycles. The highest BCUT2D eigenvalue weighted by Gasteiger charge is 2.39. The summed E-state index contributed by atoms with van der Waals surface area (Å²) >= 11 is 6.02. The SMILES string of the molecule is Clc1ccc(CN2CCC[C@H]2c2nc3ccc(-c4ccncc4)cc3[nH]2)cc1.O=C(O)C(F)(F)F.O=C(O)C(F)(F)F. The van der Waals surface area contributed by atoms with Gasteiger partial charge in [-0.3, -0.25) is 9.88 Å². The van der Waals surface area contributed by atoms with Gasteiger partial charge < -0.3 is 15.2 Å². The maximum atomic E-state index is 10.6. The Balaban J connectivity index is 0.000000289. The number of carboxylic acid groups (broad SMARTS) is 2. The number of alkyl halides is 6. The molecule has 1 aliphatic heterocycles. The molecule has 1 atom stereocenters. The fraction of sp³-hybridized carbons (Fsp3) is 0.259. The van der Waals surface area contributed by atoms with E-state index in [2.05, 4.69) is 45.2 Å². The number of hydrogen-bond acceptors (Lipinski definition) is 5. The Labute approximate surface area is 239 Å². The van der Waals surface area contributed by atoms with Crippen LogP contribution in [0.2, 0.25) is 5.02 Å². The first-order valence-corrected chi connectivity index (χ1v) is 12.5. The molecule has 42 heavy (non-hydrogen) atoms. The fourth-order valence-electron chi connectivity index (χ4n) is 4.06. The van der Waals surface area contributed by atoms with Crippen LogP contribution in [0.4, 0.5) is 26.3 Å². The van der Waals surface area contributed by atoms with Crippen molar-refractivity contribution in [3.8, 4) is 11.1 Å². The lowest BCUT2D eigenvalue weighted by molar-refractivity contribution is -0.193. The summed E-state index contributed by atoms with van der Waals surface area (Å²) in [6.07, 6.45) is -4.20. The van der Waals surface area contributed by atoms with Crippen LogP contribution in [-0.4, -0.2) is 60.9 Å². The molecule has 224 valence electrons. The van der Waals surface area contributed by atoms with Gasteiger partial charge in [0.25, 0.3) is 0 Å². The van der Waals surface area contributed by atoms with E-state index in [1.54, 1.807) is 0 Å². The molecule has 0 bridgehead atoms. The van der Waals surface area contributed by atoms with Crippen LogP contribution in [-0.2, 0) is 16.1 Å². The molecule has 0 aliphatic carbocycles. The molecule has 0 spiro atoms. The zero-order valence-electron chi connectivity index (χ0n) is 21.5. The Kier molecular flexibility index (Phi) is 10.5. The Morgan fingerprint density at radius 1 is 0.905 bits per heavy atom. The number of fused-ring (bicyclic) bond motifs is 1. The number of aromatic amines is 1. The van der Waals surface area contributed by atoms with Gasteiger partial charge in [0.1, 0.15) is 5.82 Å². The monoisotopic (exact) mass is 616 g/mol. The van der Waals surface area contributed by atoms with Crippen LogP contribution in [0, 0.1) is 0 Å². The van der Waals surface area contributed by atoms with Crippen LogP contribution < -0.4 is 0 Å². The smallest absolute Gasteiger partial charge is 0.475 e. The van der Waals surface area contributed by atoms with Gasteiger partial charge in [-0.05, 0) is 72.5 Å². The van der Waals surface area contributed by atoms with Crippen molar-refractivity contribution in [2.75, 3.05) is 6.54 Å². The second-order valence-electron chi connectivity index (χ2n) is 8.95. The van der Waals surface area contributed by atoms with Crippen molar-refractivity contribution in [2.45, 2.75) is 37.8 Å². The standard InChI is InChI=1S/C23H21ClN4.2C2HF3O2/c24-19-6-3-16(4-7-19)15-28-13-1-2-22(28)23-26-20-8-5-18(14-21(20)27-23)17-9-11-25-12-10-17;2*3-2(4,5)1(6)7/h3-12,14,22H,1-2,13,15H2,(H,26,27);2*(H,6,7)/t22-;;/m0../s1. The van der Waals surface area contributed by atoms with Crippen molar-refractivity contribution in [3.05, 3.63) is 83.4 Å². The largest absolute Gasteiger partial charge is 0.490 e. The van der Waals surface area contributed by atoms with Crippen LogP contribution in [0.3, 0.4) is 0 Å². The molecular formula is C27H23ClF6N4O4. The number of H-pyrrole nitrogens is 1. The molecule has 5 rings (SSSR count). The lowest BCUT2D eigenvalue weighted by Crippen LogP contribution is -2.23. The summed E-state index contributed by atoms with van der Waals surface area (Å²) in [5, 5.41) is 15.0. The number of aromatic nitrogens is 3. The zero-order chi connectivity index (χ0) is 31.1. The summed E-state index contributed by atoms with van der Waals surface area (Å²) in [5.74, 6) is -4.45. The van der Waals surface area contributed by atoms with E-state index in [-0.39, 0.29) is 0 Å². The van der Waals surface area contributed by atoms with Crippen LogP contribution >= 0.6 is 11.6 Å². The minimum Gasteiger partial charge on any atom is -0.475 e. The molecule has 3 N–H and O–H groups in total. The molecule has 1 fully saturated rings. The first-order valence-electron chi connectivity index (χ1n) is 12.1. The van der Waals surface area contributed by atoms with Crippen molar-refractivity contribution >= 4 is 34.6 Å². The maximum absolute atomic E-state index is 10.6. The highest BCUT2D eigenvalue weighted by atomic mass is 35.5. The third kappa shape index (κ3) is 9.17. The Morgan fingerprint density at radius 2 is 1.48 bits per heavy atom. The van der Waals surface area contributed by atoms with Gasteiger partial charge in [-0.2, -0.15) is 26.3 Å². The quantitative estimate of drug-likeness (QED) is 0.214. The van der Waals surface area contributed by atoms with E-state index in [1.165, 1.54) is 23.1 Å². The van der Waals surface area contributed by atoms with Gasteiger partial charge in [0.2, 0.25) is 0 Å². The first-order chi connectivity index (χ1) is 19.6. The van der Waals surface area contributed by atoms with Crippen molar-refractivity contribution in [1.82, 2.24) is 19.9 Å². The highest BCUT2D eigenvalue weighted by Crippen LogP contribution is 2.33. The van der Waals surface area contributed by atoms with Gasteiger partial charge in [0, 0.05) is 24.0 Å². The number of likely N-dealkylation sites (tertiary alicyclic amines) is 1. The lowest BCUT2D eigenvalue weighted by Gasteiger charge is -2.22. The molecule has 8 nitrogen and oxygen atoms in total. The van der Waals surface area contributed by atoms with Crippen molar-refractivity contribution in [2.24, 2.45) is 0 Å². The van der Waals surface area contributed by atoms with E-state index >= 15 is 0 Å². The second kappa shape index (κ2) is 13.7. The van der Waals surface area contributed by atoms with Crippen molar-refractivity contribution in [1.29, 1.82) is 0 Å². The molecule has 3 heterocycles. The molecule has 2 aromatic heterocycles. The number of pyridine rings is 1. The number of rotatable bonds is 4. The Hall–Kier alpha value is -4.17. The topological polar surface area (TPSA) is 119 Å². The average molecular weight is 617 g/mol. The van der Waals surface area contributed by atoms with Gasteiger partial charge >= 0.3 is 24.3 Å². The number of nitrogens with one attached hydrogen (secondary N) is 1. The minimum atomic E-state index is -5.08. The molecule has 0 amide bonds. The summed E-state index contributed by atoms with van der Waals surface area (Å²) in [4.78, 5) is 32.9. The van der Waals surface area contributed by atoms with Crippen LogP contribution in [0.1, 0.15) is 30.3 Å². The number of imidazole rings is 1. The number of carboxylic acids is 2. The predicted molar refractivity (Wildman–Crippen MR) is 141 cm³/mol. The van der Waals surface area contributed by atoms with Gasteiger partial charge in [-0.15, -0.1) is 0 Å². The van der Waals surface area contributed by atoms with E-state index < -0.39 is 24.3 Å². The van der Waals surface area contributed by atoms with Crippen LogP contribution in [0.15, 0.2) is 67.0 Å². The molecule has 0 saturated carbocycles. The number of halogens is 7. The van der Waals surface area contributed by atoms with Crippen molar-refractivity contribution in [3.63, 3.8) is 0 Å². The third-order valence-corrected chi connectivity index (χ3v) is 6.23. The van der Waals surface area contributed by atoms with Crippen LogP contribution in [0.5, 0.6) is 0 Å². The molecule has 4 aromatic rings. The van der Waals surface area contributed by atoms with E-state index in [0.29, 0.717) is 6.04 Å². The van der Waals surface area contributed by atoms with E-state index in [0.717, 1.165) is 41.4 Å². The molecular weight excluding hydrogens is 594 g/mol. The van der Waals surface area contributed by atoms with E-state index in [4.69, 9.17) is 36.4 Å². The second-order valence-corrected chi connectivity index (χ2v) is 9.39. The highest BCUT2D eigenvalue weighted by molar-refractivity contribution is 6.30. The number of benzene rings is 2. The number of nitrogens with zero attached hydrogens (tertiary/aromatic N) is 3. The average Bonchev–Trinajstić information content (AvgIpc) is 3.56. The molecule has 1 saturated heterocycles. The third-order valence-electron chi connectivity index (χ3n) is 5.98. The Morgan fingerprint density at radius 3 is 2.02 bits per heavy atom. The van der Waals surface area contributed by atoms with Gasteiger partial charge in [-0.1, -0.05) is 29.8 Å². The summed E-state index contributed by atoms with van der Waals surface area (Å²) in [6, 6.07) is 18.9. The molecule has 0 unspecified atom stereocenters. The number of carbonyl (C=O) groups is 2. The normalized spacial score (nSPS) is 15.4. The van der Waals surface area contributed by atoms with Gasteiger partial charge in [0.05, 0.1) is 17.1 Å². The lowest BCUT2D eigenvalue weighted by atomic mass is 10.1. The number of hydrogen-bond donors (Lipinski definition) is 3. The first kappa shape index (κ1) is 32.3. The summed E-state index contributed by atoms with van der Waals surface area (Å²) < 4.78 is 63.5. The van der Waals surface area contributed by atoms with Crippen molar-refractivity contribution < 1.29 is 46.1 Å². The van der Waals surface area contributed by atoms with Gasteiger partial charge in [0.15, 0.2) is 0 Å². The summed E-state index contributed by atoms with van der Waals surface area (Å²) in [5.41, 5.74) is 5.73. The molecule has 1 aliphatic rings. The van der Waals surface area contributed by atoms with Crippen LogP contribution in [0.25, 0.3) is 22.2 Å². The zero-order valence-corrected chi connectivity index (χ0v) is 22.2. The van der Waals surface area contributed by atoms with E-state index in [1.807, 2.05) is 36.7 Å². The van der Waals surface area contributed by atoms with Gasteiger partial charge in [-0.25, -0.2) is 14.6 Å². The number of aliphatic carboxylic acids is 2. The van der Waals surface area contributed by atoms with E-state index in [9.17, 15) is 26.3 Å². The summed E-state index contributed by atoms with van der Waals surface area (Å²) in [6.45, 7) is 2.01.